The number of morpholine rings is 1. The first-order valence-corrected chi connectivity index (χ1v) is 9.16. The Labute approximate surface area is 161 Å². The van der Waals surface area contributed by atoms with Gasteiger partial charge in [-0.2, -0.15) is 0 Å². The number of aromatic nitrogens is 2. The van der Waals surface area contributed by atoms with E-state index < -0.39 is 5.97 Å². The minimum atomic E-state index is -0.995. The Morgan fingerprint density at radius 1 is 1.18 bits per heavy atom. The lowest BCUT2D eigenvalue weighted by atomic mass is 10.0. The first-order chi connectivity index (χ1) is 13.5. The number of fused-ring (bicyclic) bond motifs is 3. The molecule has 28 heavy (non-hydrogen) atoms. The highest BCUT2D eigenvalue weighted by atomic mass is 16.5. The van der Waals surface area contributed by atoms with E-state index in [-0.39, 0.29) is 17.8 Å². The van der Waals surface area contributed by atoms with Crippen molar-refractivity contribution in [2.45, 2.75) is 13.3 Å². The van der Waals surface area contributed by atoms with E-state index >= 15 is 0 Å². The molecule has 0 saturated carbocycles. The van der Waals surface area contributed by atoms with E-state index in [0.717, 1.165) is 29.4 Å². The summed E-state index contributed by atoms with van der Waals surface area (Å²) in [5.41, 5.74) is 1.80. The number of ketones is 1. The van der Waals surface area contributed by atoms with Crippen LogP contribution in [0.25, 0.3) is 21.8 Å². The first-order valence-electron chi connectivity index (χ1n) is 9.16. The lowest BCUT2D eigenvalue weighted by Gasteiger charge is -2.25. The van der Waals surface area contributed by atoms with Crippen LogP contribution in [0.3, 0.4) is 0 Å². The Morgan fingerprint density at radius 2 is 1.89 bits per heavy atom. The zero-order valence-electron chi connectivity index (χ0n) is 15.6. The smallest absolute Gasteiger partial charge is 0.272 e. The highest BCUT2D eigenvalue weighted by molar-refractivity contribution is 6.08. The lowest BCUT2D eigenvalue weighted by Crippen LogP contribution is -2.39. The summed E-state index contributed by atoms with van der Waals surface area (Å²) in [5, 5.41) is 11.0. The summed E-state index contributed by atoms with van der Waals surface area (Å²) in [4.78, 5) is 41.6. The fourth-order valence-electron chi connectivity index (χ4n) is 3.07. The van der Waals surface area contributed by atoms with Gasteiger partial charge >= 0.3 is 0 Å². The first kappa shape index (κ1) is 19.8. The van der Waals surface area contributed by atoms with Crippen LogP contribution in [-0.2, 0) is 9.53 Å². The van der Waals surface area contributed by atoms with Gasteiger partial charge in [0, 0.05) is 47.1 Å². The molecule has 0 amide bonds. The SMILES string of the molecule is CCC(=O)[O-].O=C(CN1CCOCC1)c1ccc2[nH]c(=O)c3[nH]ccc3c2c1. The Hall–Kier alpha value is -2.97. The Balaban J connectivity index is 0.000000403. The molecule has 0 radical (unpaired) electrons. The Bertz CT molecular complexity index is 1050. The molecule has 2 aromatic heterocycles. The van der Waals surface area contributed by atoms with Crippen molar-refractivity contribution in [3.8, 4) is 0 Å². The van der Waals surface area contributed by atoms with Crippen LogP contribution in [0.15, 0.2) is 35.3 Å². The van der Waals surface area contributed by atoms with Crippen LogP contribution in [0, 0.1) is 0 Å². The third-order valence-corrected chi connectivity index (χ3v) is 4.61. The van der Waals surface area contributed by atoms with Crippen LogP contribution in [0.4, 0.5) is 0 Å². The van der Waals surface area contributed by atoms with Gasteiger partial charge in [-0.15, -0.1) is 0 Å². The van der Waals surface area contributed by atoms with Crippen molar-refractivity contribution in [1.29, 1.82) is 0 Å². The maximum Gasteiger partial charge on any atom is 0.272 e. The van der Waals surface area contributed by atoms with Gasteiger partial charge in [0.2, 0.25) is 0 Å². The van der Waals surface area contributed by atoms with E-state index in [2.05, 4.69) is 14.9 Å². The molecule has 148 valence electrons. The number of hydrogen-bond acceptors (Lipinski definition) is 6. The van der Waals surface area contributed by atoms with Crippen molar-refractivity contribution in [2.24, 2.45) is 0 Å². The largest absolute Gasteiger partial charge is 0.550 e. The summed E-state index contributed by atoms with van der Waals surface area (Å²) in [6, 6.07) is 7.31. The van der Waals surface area contributed by atoms with Gasteiger partial charge in [0.25, 0.3) is 5.56 Å². The normalized spacial score (nSPS) is 14.6. The number of carboxylic acid groups (broad SMARTS) is 1. The van der Waals surface area contributed by atoms with Crippen molar-refractivity contribution in [1.82, 2.24) is 14.9 Å². The average molecular weight is 384 g/mol. The number of Topliss-reactive ketones (excluding diaryl/α,β-unsaturated/α-hetero) is 1. The molecule has 3 heterocycles. The molecular formula is C20H22N3O5-. The maximum absolute atomic E-state index is 12.5. The van der Waals surface area contributed by atoms with Gasteiger partial charge in [-0.25, -0.2) is 0 Å². The molecular weight excluding hydrogens is 362 g/mol. The molecule has 0 aliphatic carbocycles. The van der Waals surface area contributed by atoms with Crippen LogP contribution in [-0.4, -0.2) is 59.5 Å². The van der Waals surface area contributed by atoms with E-state index in [9.17, 15) is 19.5 Å². The van der Waals surface area contributed by atoms with E-state index in [1.807, 2.05) is 12.1 Å². The minimum absolute atomic E-state index is 0.0867. The maximum atomic E-state index is 12.5. The molecule has 0 bridgehead atoms. The summed E-state index contributed by atoms with van der Waals surface area (Å²) in [6.45, 7) is 4.86. The van der Waals surface area contributed by atoms with Crippen LogP contribution in [0.2, 0.25) is 0 Å². The summed E-state index contributed by atoms with van der Waals surface area (Å²) in [6.07, 6.45) is 1.85. The standard InChI is InChI=1S/C17H17N3O3.C3H6O2/c21-15(10-20-5-7-23-8-6-20)11-1-2-14-13(9-11)12-3-4-18-16(12)17(22)19-14;1-2-3(4)5/h1-4,9,18H,5-8,10H2,(H,19,22);2H2,1H3,(H,4,5)/p-1. The lowest BCUT2D eigenvalue weighted by molar-refractivity contribution is -0.305. The molecule has 8 nitrogen and oxygen atoms in total. The van der Waals surface area contributed by atoms with Crippen molar-refractivity contribution >= 4 is 33.6 Å². The third kappa shape index (κ3) is 4.47. The molecule has 1 fully saturated rings. The number of carbonyl (C=O) groups is 2. The number of carboxylic acids is 1. The number of nitrogens with zero attached hydrogens (tertiary/aromatic N) is 1. The number of aromatic amines is 2. The number of aliphatic carboxylic acids is 1. The number of ether oxygens (including phenoxy) is 1. The zero-order valence-corrected chi connectivity index (χ0v) is 15.6. The van der Waals surface area contributed by atoms with Crippen molar-refractivity contribution in [3.05, 3.63) is 46.4 Å². The fraction of sp³-hybridized carbons (Fsp3) is 0.350. The highest BCUT2D eigenvalue weighted by Crippen LogP contribution is 2.22. The number of nitrogens with one attached hydrogen (secondary N) is 2. The second-order valence-electron chi connectivity index (χ2n) is 6.52. The monoisotopic (exact) mass is 384 g/mol. The molecule has 1 aromatic carbocycles. The van der Waals surface area contributed by atoms with Gasteiger partial charge in [0.1, 0.15) is 5.52 Å². The number of carbonyl (C=O) groups excluding carboxylic acids is 2. The molecule has 8 heteroatoms. The van der Waals surface area contributed by atoms with E-state index in [1.54, 1.807) is 18.3 Å². The molecule has 2 N–H and O–H groups in total. The highest BCUT2D eigenvalue weighted by Gasteiger charge is 2.16. The topological polar surface area (TPSA) is 118 Å². The van der Waals surface area contributed by atoms with Crippen LogP contribution in [0.5, 0.6) is 0 Å². The molecule has 1 aliphatic rings. The van der Waals surface area contributed by atoms with Gasteiger partial charge in [-0.3, -0.25) is 14.5 Å². The quantitative estimate of drug-likeness (QED) is 0.639. The molecule has 1 aliphatic heterocycles. The van der Waals surface area contributed by atoms with Gasteiger partial charge in [0.15, 0.2) is 5.78 Å². The van der Waals surface area contributed by atoms with Crippen molar-refractivity contribution in [3.63, 3.8) is 0 Å². The number of H-pyrrole nitrogens is 2. The number of rotatable bonds is 4. The van der Waals surface area contributed by atoms with Gasteiger partial charge in [0.05, 0.1) is 19.8 Å². The summed E-state index contributed by atoms with van der Waals surface area (Å²) >= 11 is 0. The number of pyridine rings is 1. The molecule has 3 aromatic rings. The Kier molecular flexibility index (Phi) is 6.23. The number of benzene rings is 1. The summed E-state index contributed by atoms with van der Waals surface area (Å²) < 4.78 is 5.30. The molecule has 4 rings (SSSR count). The average Bonchev–Trinajstić information content (AvgIpc) is 3.20. The predicted octanol–water partition coefficient (Wildman–Crippen LogP) is 0.671. The van der Waals surface area contributed by atoms with Crippen LogP contribution >= 0.6 is 0 Å². The van der Waals surface area contributed by atoms with E-state index in [0.29, 0.717) is 30.8 Å². The number of hydrogen-bond donors (Lipinski definition) is 2. The van der Waals surface area contributed by atoms with Crippen LogP contribution in [0.1, 0.15) is 23.7 Å². The second-order valence-corrected chi connectivity index (χ2v) is 6.52. The zero-order chi connectivity index (χ0) is 20.1. The van der Waals surface area contributed by atoms with E-state index in [4.69, 9.17) is 4.74 Å². The summed E-state index contributed by atoms with van der Waals surface area (Å²) in [5.74, 6) is -0.909. The second kappa shape index (κ2) is 8.81. The summed E-state index contributed by atoms with van der Waals surface area (Å²) in [7, 11) is 0. The predicted molar refractivity (Wildman–Crippen MR) is 103 cm³/mol. The molecule has 0 atom stereocenters. The molecule has 0 unspecified atom stereocenters. The van der Waals surface area contributed by atoms with Gasteiger partial charge in [-0.1, -0.05) is 6.92 Å². The van der Waals surface area contributed by atoms with Crippen molar-refractivity contribution in [2.75, 3.05) is 32.8 Å². The van der Waals surface area contributed by atoms with E-state index in [1.165, 1.54) is 6.92 Å². The minimum Gasteiger partial charge on any atom is -0.550 e. The van der Waals surface area contributed by atoms with Gasteiger partial charge < -0.3 is 24.6 Å². The molecule has 1 saturated heterocycles. The van der Waals surface area contributed by atoms with Crippen molar-refractivity contribution < 1.29 is 19.4 Å². The Morgan fingerprint density at radius 3 is 2.57 bits per heavy atom. The fourth-order valence-corrected chi connectivity index (χ4v) is 3.07. The van der Waals surface area contributed by atoms with Crippen LogP contribution < -0.4 is 10.7 Å². The van der Waals surface area contributed by atoms with Gasteiger partial charge in [-0.05, 0) is 30.7 Å². The third-order valence-electron chi connectivity index (χ3n) is 4.61. The molecule has 0 spiro atoms.